The molecule has 3 aromatic rings. The molecule has 4 N–H and O–H groups in total. The van der Waals surface area contributed by atoms with Crippen LogP contribution in [0.15, 0.2) is 36.4 Å². The Morgan fingerprint density at radius 3 is 2.45 bits per heavy atom. The Balaban J connectivity index is 2.17. The number of aromatic hydroxyl groups is 1. The van der Waals surface area contributed by atoms with Gasteiger partial charge in [0.1, 0.15) is 5.56 Å². The third-order valence-electron chi connectivity index (χ3n) is 4.52. The molecule has 0 radical (unpaired) electrons. The lowest BCUT2D eigenvalue weighted by molar-refractivity contribution is -0.137. The van der Waals surface area contributed by atoms with Crippen molar-refractivity contribution in [2.24, 2.45) is 5.73 Å². The highest BCUT2D eigenvalue weighted by Crippen LogP contribution is 2.36. The first-order valence-electron chi connectivity index (χ1n) is 8.84. The number of aromatic nitrogens is 1. The molecule has 0 spiro atoms. The normalized spacial score (nSPS) is 11.5. The van der Waals surface area contributed by atoms with E-state index in [1.54, 1.807) is 6.92 Å². The number of para-hydroxylation sites is 1. The number of carbonyl (C=O) groups excluding carboxylic acids is 3. The fourth-order valence-corrected chi connectivity index (χ4v) is 3.43. The minimum Gasteiger partial charge on any atom is -0.494 e. The Kier molecular flexibility index (Phi) is 5.68. The van der Waals surface area contributed by atoms with Crippen LogP contribution in [0.3, 0.4) is 0 Å². The fourth-order valence-electron chi connectivity index (χ4n) is 3.20. The highest BCUT2D eigenvalue weighted by atomic mass is 35.5. The smallest absolute Gasteiger partial charge is 0.416 e. The number of carbonyl (C=O) groups is 3. The molecule has 11 heteroatoms. The van der Waals surface area contributed by atoms with E-state index in [1.807, 2.05) is 0 Å². The van der Waals surface area contributed by atoms with E-state index in [4.69, 9.17) is 17.3 Å². The maximum Gasteiger partial charge on any atom is 0.416 e. The topological polar surface area (TPSA) is 114 Å². The van der Waals surface area contributed by atoms with Crippen LogP contribution in [-0.4, -0.2) is 27.4 Å². The van der Waals surface area contributed by atoms with E-state index in [-0.39, 0.29) is 39.4 Å². The molecule has 0 unspecified atom stereocenters. The Hall–Kier alpha value is -3.53. The summed E-state index contributed by atoms with van der Waals surface area (Å²) in [4.78, 5) is 37.1. The second-order valence-electron chi connectivity index (χ2n) is 6.53. The molecule has 0 bridgehead atoms. The van der Waals surface area contributed by atoms with Crippen molar-refractivity contribution in [2.75, 3.05) is 5.32 Å². The largest absolute Gasteiger partial charge is 0.494 e. The Labute approximate surface area is 178 Å². The third kappa shape index (κ3) is 4.06. The van der Waals surface area contributed by atoms with E-state index in [9.17, 15) is 32.7 Å². The number of fused-ring (bicyclic) bond motifs is 1. The van der Waals surface area contributed by atoms with Gasteiger partial charge in [-0.2, -0.15) is 13.2 Å². The summed E-state index contributed by atoms with van der Waals surface area (Å²) in [5.74, 6) is -2.25. The van der Waals surface area contributed by atoms with Gasteiger partial charge in [0.25, 0.3) is 5.91 Å². The number of halogens is 4. The van der Waals surface area contributed by atoms with E-state index in [0.717, 1.165) is 6.07 Å². The van der Waals surface area contributed by atoms with E-state index < -0.39 is 35.1 Å². The van der Waals surface area contributed by atoms with Crippen molar-refractivity contribution in [3.8, 4) is 5.88 Å². The number of anilines is 1. The van der Waals surface area contributed by atoms with Gasteiger partial charge in [0.05, 0.1) is 11.1 Å². The SMILES string of the molecule is CCC(=O)c1cccc2c(C(=O)Nc3cc(Cl)cc(C(F)(F)F)c3)c(O)n(C(N)=O)c12. The molecule has 0 aliphatic carbocycles. The highest BCUT2D eigenvalue weighted by molar-refractivity contribution is 6.31. The van der Waals surface area contributed by atoms with Gasteiger partial charge < -0.3 is 16.2 Å². The first kappa shape index (κ1) is 22.2. The maximum atomic E-state index is 13.0. The summed E-state index contributed by atoms with van der Waals surface area (Å²) in [7, 11) is 0. The van der Waals surface area contributed by atoms with E-state index in [1.165, 1.54) is 18.2 Å². The first-order chi connectivity index (χ1) is 14.5. The number of ketones is 1. The number of nitrogens with zero attached hydrogens (tertiary/aromatic N) is 1. The zero-order chi connectivity index (χ0) is 23.1. The van der Waals surface area contributed by atoms with Crippen LogP contribution < -0.4 is 11.1 Å². The molecule has 2 amide bonds. The van der Waals surface area contributed by atoms with Gasteiger partial charge in [0.2, 0.25) is 5.88 Å². The summed E-state index contributed by atoms with van der Waals surface area (Å²) >= 11 is 5.73. The standard InChI is InChI=1S/C20H15ClF3N3O4/c1-2-14(28)12-4-3-5-13-15(18(30)27(16(12)13)19(25)31)17(29)26-11-7-9(20(22,23)24)6-10(21)8-11/h3-8,30H,2H2,1H3,(H2,25,31)(H,26,29). The molecule has 0 aliphatic rings. The average Bonchev–Trinajstić information content (AvgIpc) is 2.98. The van der Waals surface area contributed by atoms with Crippen LogP contribution in [0.25, 0.3) is 10.9 Å². The van der Waals surface area contributed by atoms with Gasteiger partial charge in [-0.3, -0.25) is 9.59 Å². The number of rotatable bonds is 4. The van der Waals surface area contributed by atoms with Crippen LogP contribution in [0.5, 0.6) is 5.88 Å². The van der Waals surface area contributed by atoms with Crippen LogP contribution >= 0.6 is 11.6 Å². The van der Waals surface area contributed by atoms with Gasteiger partial charge in [-0.25, -0.2) is 9.36 Å². The lowest BCUT2D eigenvalue weighted by Gasteiger charge is -2.11. The molecule has 0 saturated heterocycles. The van der Waals surface area contributed by atoms with Gasteiger partial charge in [-0.05, 0) is 24.3 Å². The van der Waals surface area contributed by atoms with Gasteiger partial charge in [0.15, 0.2) is 5.78 Å². The lowest BCUT2D eigenvalue weighted by atomic mass is 10.0. The van der Waals surface area contributed by atoms with Gasteiger partial charge in [0, 0.05) is 28.1 Å². The molecule has 1 heterocycles. The molecule has 0 fully saturated rings. The van der Waals surface area contributed by atoms with Crippen LogP contribution in [0, 0.1) is 0 Å². The Morgan fingerprint density at radius 2 is 1.87 bits per heavy atom. The molecule has 0 aliphatic heterocycles. The highest BCUT2D eigenvalue weighted by Gasteiger charge is 2.32. The zero-order valence-electron chi connectivity index (χ0n) is 15.9. The molecule has 1 aromatic heterocycles. The number of hydrogen-bond donors (Lipinski definition) is 3. The van der Waals surface area contributed by atoms with E-state index >= 15 is 0 Å². The average molecular weight is 454 g/mol. The first-order valence-corrected chi connectivity index (χ1v) is 9.22. The third-order valence-corrected chi connectivity index (χ3v) is 4.73. The van der Waals surface area contributed by atoms with E-state index in [2.05, 4.69) is 5.32 Å². The molecule has 31 heavy (non-hydrogen) atoms. The number of nitrogens with two attached hydrogens (primary N) is 1. The van der Waals surface area contributed by atoms with E-state index in [0.29, 0.717) is 16.7 Å². The monoisotopic (exact) mass is 453 g/mol. The number of nitrogens with one attached hydrogen (secondary N) is 1. The van der Waals surface area contributed by atoms with Gasteiger partial charge >= 0.3 is 12.2 Å². The summed E-state index contributed by atoms with van der Waals surface area (Å²) in [6, 6.07) is 5.51. The predicted molar refractivity (Wildman–Crippen MR) is 108 cm³/mol. The quantitative estimate of drug-likeness (QED) is 0.492. The molecule has 7 nitrogen and oxygen atoms in total. The molecule has 0 atom stereocenters. The fraction of sp³-hybridized carbons (Fsp3) is 0.150. The summed E-state index contributed by atoms with van der Waals surface area (Å²) in [5.41, 5.74) is 3.49. The second kappa shape index (κ2) is 7.95. The molecular formula is C20H15ClF3N3O4. The predicted octanol–water partition coefficient (Wildman–Crippen LogP) is 4.79. The zero-order valence-corrected chi connectivity index (χ0v) is 16.6. The number of primary amides is 1. The number of benzene rings is 2. The minimum absolute atomic E-state index is 0.0196. The van der Waals surface area contributed by atoms with Crippen LogP contribution in [-0.2, 0) is 6.18 Å². The van der Waals surface area contributed by atoms with Crippen molar-refractivity contribution < 1.29 is 32.7 Å². The van der Waals surface area contributed by atoms with Crippen molar-refractivity contribution in [2.45, 2.75) is 19.5 Å². The lowest BCUT2D eigenvalue weighted by Crippen LogP contribution is -2.20. The molecular weight excluding hydrogens is 439 g/mol. The van der Waals surface area contributed by atoms with Gasteiger partial charge in [-0.15, -0.1) is 0 Å². The van der Waals surface area contributed by atoms with Crippen molar-refractivity contribution in [1.29, 1.82) is 0 Å². The Morgan fingerprint density at radius 1 is 1.19 bits per heavy atom. The number of alkyl halides is 3. The van der Waals surface area contributed by atoms with Crippen molar-refractivity contribution in [3.63, 3.8) is 0 Å². The van der Waals surface area contributed by atoms with Crippen LogP contribution in [0.1, 0.15) is 39.6 Å². The van der Waals surface area contributed by atoms with Gasteiger partial charge in [-0.1, -0.05) is 30.7 Å². The van der Waals surface area contributed by atoms with Crippen LogP contribution in [0.4, 0.5) is 23.7 Å². The summed E-state index contributed by atoms with van der Waals surface area (Å²) < 4.78 is 39.7. The number of hydrogen-bond acceptors (Lipinski definition) is 4. The number of Topliss-reactive ketones (excluding diaryl/α,β-unsaturated/α-hetero) is 1. The Bertz CT molecular complexity index is 1230. The van der Waals surface area contributed by atoms with Crippen molar-refractivity contribution in [1.82, 2.24) is 4.57 Å². The second-order valence-corrected chi connectivity index (χ2v) is 6.97. The molecule has 0 saturated carbocycles. The summed E-state index contributed by atoms with van der Waals surface area (Å²) in [6.45, 7) is 1.59. The molecule has 162 valence electrons. The van der Waals surface area contributed by atoms with Crippen molar-refractivity contribution >= 4 is 45.9 Å². The molecule has 3 rings (SSSR count). The van der Waals surface area contributed by atoms with Crippen LogP contribution in [0.2, 0.25) is 5.02 Å². The minimum atomic E-state index is -4.70. The summed E-state index contributed by atoms with van der Waals surface area (Å²) in [5, 5.41) is 12.5. The summed E-state index contributed by atoms with van der Waals surface area (Å²) in [6.07, 6.45) is -4.63. The number of amides is 2. The van der Waals surface area contributed by atoms with Crippen molar-refractivity contribution in [3.05, 3.63) is 58.1 Å². The maximum absolute atomic E-state index is 13.0. The molecule has 2 aromatic carbocycles.